The zero-order chi connectivity index (χ0) is 15.9. The van der Waals surface area contributed by atoms with E-state index in [0.29, 0.717) is 6.42 Å². The highest BCUT2D eigenvalue weighted by Crippen LogP contribution is 2.51. The largest absolute Gasteiger partial charge is 0.497 e. The summed E-state index contributed by atoms with van der Waals surface area (Å²) in [6, 6.07) is 17.0. The van der Waals surface area contributed by atoms with E-state index < -0.39 is 0 Å². The number of benzene rings is 2. The molecule has 116 valence electrons. The Kier molecular flexibility index (Phi) is 3.33. The van der Waals surface area contributed by atoms with Gasteiger partial charge < -0.3 is 4.74 Å². The standard InChI is InChI=1S/C21H20O2/c1-23-19-9-10-20-15(13-19)7-8-17-14-18(22)11-12-21(17,20)16-5-3-2-4-6-16/h2-6,9-10,13-14H,7-8,11-12H2,1H3. The van der Waals surface area contributed by atoms with Crippen LogP contribution in [0.1, 0.15) is 36.0 Å². The van der Waals surface area contributed by atoms with Crippen molar-refractivity contribution in [1.29, 1.82) is 0 Å². The molecule has 2 heteroatoms. The minimum absolute atomic E-state index is 0.144. The Morgan fingerprint density at radius 1 is 1.00 bits per heavy atom. The molecular formula is C21H20O2. The molecule has 2 nitrogen and oxygen atoms in total. The monoisotopic (exact) mass is 304 g/mol. The van der Waals surface area contributed by atoms with E-state index in [-0.39, 0.29) is 11.2 Å². The van der Waals surface area contributed by atoms with Gasteiger partial charge in [-0.25, -0.2) is 0 Å². The summed E-state index contributed by atoms with van der Waals surface area (Å²) < 4.78 is 5.40. The van der Waals surface area contributed by atoms with Crippen LogP contribution in [0.15, 0.2) is 60.2 Å². The fourth-order valence-electron chi connectivity index (χ4n) is 4.25. The van der Waals surface area contributed by atoms with Gasteiger partial charge in [-0.05, 0) is 54.2 Å². The van der Waals surface area contributed by atoms with Crippen molar-refractivity contribution in [1.82, 2.24) is 0 Å². The summed E-state index contributed by atoms with van der Waals surface area (Å²) in [4.78, 5) is 12.0. The quantitative estimate of drug-likeness (QED) is 0.830. The highest BCUT2D eigenvalue weighted by atomic mass is 16.5. The summed E-state index contributed by atoms with van der Waals surface area (Å²) in [5, 5.41) is 0. The van der Waals surface area contributed by atoms with Gasteiger partial charge in [-0.3, -0.25) is 4.79 Å². The maximum atomic E-state index is 12.0. The number of methoxy groups -OCH3 is 1. The minimum Gasteiger partial charge on any atom is -0.497 e. The predicted molar refractivity (Wildman–Crippen MR) is 90.9 cm³/mol. The first kappa shape index (κ1) is 14.3. The molecule has 1 unspecified atom stereocenters. The molecule has 4 rings (SSSR count). The second-order valence-corrected chi connectivity index (χ2v) is 6.43. The van der Waals surface area contributed by atoms with Crippen LogP contribution in [0.3, 0.4) is 0 Å². The van der Waals surface area contributed by atoms with E-state index in [2.05, 4.69) is 42.5 Å². The first-order valence-electron chi connectivity index (χ1n) is 8.21. The number of rotatable bonds is 2. The van der Waals surface area contributed by atoms with Crippen molar-refractivity contribution in [3.63, 3.8) is 0 Å². The van der Waals surface area contributed by atoms with Crippen molar-refractivity contribution in [2.45, 2.75) is 31.1 Å². The molecule has 2 aromatic carbocycles. The molecular weight excluding hydrogens is 284 g/mol. The fraction of sp³-hybridized carbons (Fsp3) is 0.286. The third kappa shape index (κ3) is 2.13. The van der Waals surface area contributed by atoms with Gasteiger partial charge in [-0.2, -0.15) is 0 Å². The molecule has 23 heavy (non-hydrogen) atoms. The highest BCUT2D eigenvalue weighted by molar-refractivity contribution is 5.93. The minimum atomic E-state index is -0.144. The number of allylic oxidation sites excluding steroid dienone is 2. The molecule has 0 aromatic heterocycles. The predicted octanol–water partition coefficient (Wildman–Crippen LogP) is 4.22. The van der Waals surface area contributed by atoms with Crippen LogP contribution in [-0.2, 0) is 16.6 Å². The Labute approximate surface area is 136 Å². The van der Waals surface area contributed by atoms with Crippen molar-refractivity contribution in [3.8, 4) is 5.75 Å². The first-order chi connectivity index (χ1) is 11.2. The average molecular weight is 304 g/mol. The van der Waals surface area contributed by atoms with Crippen LogP contribution in [0.25, 0.3) is 0 Å². The van der Waals surface area contributed by atoms with Crippen molar-refractivity contribution < 1.29 is 9.53 Å². The highest BCUT2D eigenvalue weighted by Gasteiger charge is 2.44. The van der Waals surface area contributed by atoms with Gasteiger partial charge in [0.05, 0.1) is 7.11 Å². The van der Waals surface area contributed by atoms with Gasteiger partial charge in [-0.1, -0.05) is 42.0 Å². The van der Waals surface area contributed by atoms with E-state index in [9.17, 15) is 4.79 Å². The molecule has 0 fully saturated rings. The summed E-state index contributed by atoms with van der Waals surface area (Å²) in [5.74, 6) is 1.18. The number of hydrogen-bond donors (Lipinski definition) is 0. The Bertz CT molecular complexity index is 789. The molecule has 0 spiro atoms. The molecule has 0 aliphatic heterocycles. The SMILES string of the molecule is COc1ccc2c(c1)CCC1=CC(=O)CCC12c1ccccc1. The number of ether oxygens (including phenoxy) is 1. The van der Waals surface area contributed by atoms with Crippen LogP contribution in [0.5, 0.6) is 5.75 Å². The van der Waals surface area contributed by atoms with Crippen LogP contribution >= 0.6 is 0 Å². The van der Waals surface area contributed by atoms with Crippen LogP contribution in [0, 0.1) is 0 Å². The van der Waals surface area contributed by atoms with Crippen molar-refractivity contribution in [2.24, 2.45) is 0 Å². The Morgan fingerprint density at radius 2 is 1.83 bits per heavy atom. The lowest BCUT2D eigenvalue weighted by Crippen LogP contribution is -2.38. The van der Waals surface area contributed by atoms with Crippen LogP contribution < -0.4 is 4.74 Å². The number of hydrogen-bond acceptors (Lipinski definition) is 2. The zero-order valence-electron chi connectivity index (χ0n) is 13.3. The third-order valence-electron chi connectivity index (χ3n) is 5.33. The second-order valence-electron chi connectivity index (χ2n) is 6.43. The Hall–Kier alpha value is -2.35. The molecule has 0 N–H and O–H groups in total. The summed E-state index contributed by atoms with van der Waals surface area (Å²) in [7, 11) is 1.71. The molecule has 2 aliphatic rings. The van der Waals surface area contributed by atoms with Gasteiger partial charge in [0, 0.05) is 11.8 Å². The van der Waals surface area contributed by atoms with Crippen LogP contribution in [0.2, 0.25) is 0 Å². The van der Waals surface area contributed by atoms with Crippen molar-refractivity contribution in [2.75, 3.05) is 7.11 Å². The van der Waals surface area contributed by atoms with Crippen LogP contribution in [-0.4, -0.2) is 12.9 Å². The molecule has 2 aliphatic carbocycles. The number of carbonyl (C=O) groups is 1. The maximum absolute atomic E-state index is 12.0. The van der Waals surface area contributed by atoms with Gasteiger partial charge in [0.2, 0.25) is 0 Å². The normalized spacial score (nSPS) is 22.8. The zero-order valence-corrected chi connectivity index (χ0v) is 13.3. The molecule has 1 atom stereocenters. The molecule has 2 aromatic rings. The Balaban J connectivity index is 1.98. The molecule has 0 heterocycles. The molecule has 0 bridgehead atoms. The van der Waals surface area contributed by atoms with Crippen molar-refractivity contribution >= 4 is 5.78 Å². The second kappa shape index (κ2) is 5.38. The third-order valence-corrected chi connectivity index (χ3v) is 5.33. The Morgan fingerprint density at radius 3 is 2.61 bits per heavy atom. The lowest BCUT2D eigenvalue weighted by atomic mass is 9.59. The van der Waals surface area contributed by atoms with Gasteiger partial charge in [-0.15, -0.1) is 0 Å². The van der Waals surface area contributed by atoms with E-state index in [1.165, 1.54) is 22.3 Å². The summed E-state index contributed by atoms with van der Waals surface area (Å²) in [6.45, 7) is 0. The van der Waals surface area contributed by atoms with E-state index >= 15 is 0 Å². The molecule has 0 amide bonds. The van der Waals surface area contributed by atoms with Gasteiger partial charge >= 0.3 is 0 Å². The number of fused-ring (bicyclic) bond motifs is 3. The van der Waals surface area contributed by atoms with Gasteiger partial charge in [0.15, 0.2) is 5.78 Å². The van der Waals surface area contributed by atoms with Crippen molar-refractivity contribution in [3.05, 3.63) is 76.9 Å². The van der Waals surface area contributed by atoms with E-state index in [1.807, 2.05) is 12.1 Å². The van der Waals surface area contributed by atoms with Gasteiger partial charge in [0.25, 0.3) is 0 Å². The summed E-state index contributed by atoms with van der Waals surface area (Å²) >= 11 is 0. The number of carbonyl (C=O) groups excluding carboxylic acids is 1. The van der Waals surface area contributed by atoms with E-state index in [4.69, 9.17) is 4.74 Å². The summed E-state index contributed by atoms with van der Waals surface area (Å²) in [5.41, 5.74) is 5.12. The number of ketones is 1. The first-order valence-corrected chi connectivity index (χ1v) is 8.21. The average Bonchev–Trinajstić information content (AvgIpc) is 2.61. The fourth-order valence-corrected chi connectivity index (χ4v) is 4.25. The topological polar surface area (TPSA) is 26.3 Å². The van der Waals surface area contributed by atoms with E-state index in [0.717, 1.165) is 25.0 Å². The molecule has 0 radical (unpaired) electrons. The number of aryl methyl sites for hydroxylation is 1. The van der Waals surface area contributed by atoms with Gasteiger partial charge in [0.1, 0.15) is 5.75 Å². The van der Waals surface area contributed by atoms with Crippen LogP contribution in [0.4, 0.5) is 0 Å². The lowest BCUT2D eigenvalue weighted by molar-refractivity contribution is -0.115. The maximum Gasteiger partial charge on any atom is 0.155 e. The molecule has 0 saturated carbocycles. The summed E-state index contributed by atoms with van der Waals surface area (Å²) in [6.07, 6.45) is 5.30. The lowest BCUT2D eigenvalue weighted by Gasteiger charge is -2.44. The molecule has 0 saturated heterocycles. The van der Waals surface area contributed by atoms with E-state index in [1.54, 1.807) is 7.11 Å². The smallest absolute Gasteiger partial charge is 0.155 e.